The zero-order chi connectivity index (χ0) is 10.7. The van der Waals surface area contributed by atoms with Crippen LogP contribution in [0.25, 0.3) is 0 Å². The van der Waals surface area contributed by atoms with E-state index in [0.717, 1.165) is 30.9 Å². The first-order valence-electron chi connectivity index (χ1n) is 5.60. The predicted octanol–water partition coefficient (Wildman–Crippen LogP) is 3.65. The maximum atomic E-state index is 5.86. The van der Waals surface area contributed by atoms with Gasteiger partial charge in [0, 0.05) is 12.3 Å². The number of alkyl halides is 1. The lowest BCUT2D eigenvalue weighted by atomic mass is 10.0. The molecule has 0 fully saturated rings. The third-order valence-electron chi connectivity index (χ3n) is 2.96. The molecule has 0 saturated heterocycles. The van der Waals surface area contributed by atoms with Gasteiger partial charge in [0.25, 0.3) is 0 Å². The maximum absolute atomic E-state index is 5.86. The van der Waals surface area contributed by atoms with Crippen molar-refractivity contribution in [1.82, 2.24) is 0 Å². The zero-order valence-electron chi connectivity index (χ0n) is 9.08. The van der Waals surface area contributed by atoms with Crippen molar-refractivity contribution in [3.8, 4) is 5.75 Å². The molecule has 0 bridgehead atoms. The first-order chi connectivity index (χ1) is 7.29. The maximum Gasteiger partial charge on any atom is 0.123 e. The molecule has 1 heterocycles. The molecule has 82 valence electrons. The van der Waals surface area contributed by atoms with Crippen LogP contribution in [0.3, 0.4) is 0 Å². The number of rotatable bonds is 4. The molecular formula is C13H17ClO. The second kappa shape index (κ2) is 4.89. The molecule has 15 heavy (non-hydrogen) atoms. The van der Waals surface area contributed by atoms with Crippen LogP contribution in [0.4, 0.5) is 0 Å². The van der Waals surface area contributed by atoms with Gasteiger partial charge >= 0.3 is 0 Å². The first-order valence-corrected chi connectivity index (χ1v) is 6.13. The fourth-order valence-corrected chi connectivity index (χ4v) is 2.12. The summed E-state index contributed by atoms with van der Waals surface area (Å²) in [6.45, 7) is 2.19. The predicted molar refractivity (Wildman–Crippen MR) is 63.7 cm³/mol. The third-order valence-corrected chi connectivity index (χ3v) is 3.49. The summed E-state index contributed by atoms with van der Waals surface area (Å²) in [4.78, 5) is 0. The summed E-state index contributed by atoms with van der Waals surface area (Å²) in [5.74, 6) is 2.42. The summed E-state index contributed by atoms with van der Waals surface area (Å²) in [7, 11) is 0. The van der Waals surface area contributed by atoms with E-state index in [2.05, 4.69) is 25.1 Å². The fraction of sp³-hybridized carbons (Fsp3) is 0.538. The largest absolute Gasteiger partial charge is 0.490 e. The smallest absolute Gasteiger partial charge is 0.123 e. The highest BCUT2D eigenvalue weighted by atomic mass is 35.5. The fourth-order valence-electron chi connectivity index (χ4n) is 1.96. The minimum Gasteiger partial charge on any atom is -0.490 e. The summed E-state index contributed by atoms with van der Waals surface area (Å²) in [6.07, 6.45) is 3.70. The summed E-state index contributed by atoms with van der Waals surface area (Å²) >= 11 is 5.79. The average molecular weight is 225 g/mol. The van der Waals surface area contributed by atoms with Gasteiger partial charge in [0.15, 0.2) is 0 Å². The lowest BCUT2D eigenvalue weighted by Crippen LogP contribution is -2.14. The molecule has 1 aromatic carbocycles. The average Bonchev–Trinajstić information content (AvgIpc) is 2.68. The van der Waals surface area contributed by atoms with Gasteiger partial charge < -0.3 is 4.74 Å². The number of fused-ring (bicyclic) bond motifs is 1. The van der Waals surface area contributed by atoms with Crippen molar-refractivity contribution in [1.29, 1.82) is 0 Å². The lowest BCUT2D eigenvalue weighted by molar-refractivity contribution is 0.211. The van der Waals surface area contributed by atoms with Crippen molar-refractivity contribution >= 4 is 11.6 Å². The Balaban J connectivity index is 1.85. The van der Waals surface area contributed by atoms with Gasteiger partial charge in [-0.3, -0.25) is 0 Å². The van der Waals surface area contributed by atoms with Crippen molar-refractivity contribution in [2.45, 2.75) is 32.3 Å². The van der Waals surface area contributed by atoms with Gasteiger partial charge in [-0.1, -0.05) is 25.1 Å². The molecule has 2 heteroatoms. The molecule has 0 radical (unpaired) electrons. The highest BCUT2D eigenvalue weighted by Gasteiger charge is 2.22. The Morgan fingerprint density at radius 1 is 1.47 bits per heavy atom. The van der Waals surface area contributed by atoms with Crippen LogP contribution in [0.1, 0.15) is 25.3 Å². The second-order valence-electron chi connectivity index (χ2n) is 4.39. The molecule has 1 aromatic rings. The number of para-hydroxylation sites is 1. The van der Waals surface area contributed by atoms with Crippen LogP contribution in [-0.4, -0.2) is 12.0 Å². The molecule has 2 rings (SSSR count). The molecule has 0 spiro atoms. The minimum atomic E-state index is 0.369. The van der Waals surface area contributed by atoms with Crippen LogP contribution < -0.4 is 4.74 Å². The molecule has 0 aliphatic carbocycles. The summed E-state index contributed by atoms with van der Waals surface area (Å²) < 4.78 is 5.86. The van der Waals surface area contributed by atoms with E-state index in [9.17, 15) is 0 Å². The molecule has 1 nitrogen and oxygen atoms in total. The van der Waals surface area contributed by atoms with Crippen LogP contribution in [0, 0.1) is 5.92 Å². The molecule has 0 aromatic heterocycles. The Kier molecular flexibility index (Phi) is 3.53. The molecule has 0 amide bonds. The molecule has 0 saturated carbocycles. The monoisotopic (exact) mass is 224 g/mol. The minimum absolute atomic E-state index is 0.369. The van der Waals surface area contributed by atoms with Crippen molar-refractivity contribution in [3.05, 3.63) is 29.8 Å². The van der Waals surface area contributed by atoms with Crippen LogP contribution in [0.15, 0.2) is 24.3 Å². The number of benzene rings is 1. The van der Waals surface area contributed by atoms with E-state index in [-0.39, 0.29) is 0 Å². The normalized spacial score (nSPS) is 20.8. The molecule has 2 atom stereocenters. The SMILES string of the molecule is CC(CCl)CCC1Cc2ccccc2O1. The molecular weight excluding hydrogens is 208 g/mol. The van der Waals surface area contributed by atoms with E-state index in [4.69, 9.17) is 16.3 Å². The van der Waals surface area contributed by atoms with E-state index in [1.807, 2.05) is 6.07 Å². The molecule has 1 aliphatic rings. The Morgan fingerprint density at radius 2 is 2.27 bits per heavy atom. The van der Waals surface area contributed by atoms with Gasteiger partial charge in [-0.15, -0.1) is 11.6 Å². The van der Waals surface area contributed by atoms with E-state index in [1.54, 1.807) is 0 Å². The topological polar surface area (TPSA) is 9.23 Å². The lowest BCUT2D eigenvalue weighted by Gasteiger charge is -2.12. The van der Waals surface area contributed by atoms with Crippen LogP contribution in [0.2, 0.25) is 0 Å². The van der Waals surface area contributed by atoms with E-state index in [0.29, 0.717) is 12.0 Å². The van der Waals surface area contributed by atoms with Crippen molar-refractivity contribution in [2.75, 3.05) is 5.88 Å². The van der Waals surface area contributed by atoms with Crippen molar-refractivity contribution in [2.24, 2.45) is 5.92 Å². The highest BCUT2D eigenvalue weighted by Crippen LogP contribution is 2.30. The van der Waals surface area contributed by atoms with Crippen molar-refractivity contribution < 1.29 is 4.74 Å². The number of ether oxygens (including phenoxy) is 1. The Bertz CT molecular complexity index is 299. The molecule has 2 unspecified atom stereocenters. The molecule has 0 N–H and O–H groups in total. The third kappa shape index (κ3) is 2.66. The van der Waals surface area contributed by atoms with Gasteiger partial charge in [-0.25, -0.2) is 0 Å². The molecule has 1 aliphatic heterocycles. The van der Waals surface area contributed by atoms with E-state index < -0.39 is 0 Å². The summed E-state index contributed by atoms with van der Waals surface area (Å²) in [6, 6.07) is 8.31. The Labute approximate surface area is 96.4 Å². The van der Waals surface area contributed by atoms with Crippen LogP contribution in [0.5, 0.6) is 5.75 Å². The van der Waals surface area contributed by atoms with Gasteiger partial charge in [0.2, 0.25) is 0 Å². The van der Waals surface area contributed by atoms with Gasteiger partial charge in [0.1, 0.15) is 11.9 Å². The zero-order valence-corrected chi connectivity index (χ0v) is 9.83. The summed E-state index contributed by atoms with van der Waals surface area (Å²) in [5.41, 5.74) is 1.35. The number of hydrogen-bond donors (Lipinski definition) is 0. The van der Waals surface area contributed by atoms with E-state index >= 15 is 0 Å². The first kappa shape index (κ1) is 10.8. The van der Waals surface area contributed by atoms with Crippen LogP contribution >= 0.6 is 11.6 Å². The standard InChI is InChI=1S/C13H17ClO/c1-10(9-14)6-7-12-8-11-4-2-3-5-13(11)15-12/h2-5,10,12H,6-9H2,1H3. The van der Waals surface area contributed by atoms with E-state index in [1.165, 1.54) is 5.56 Å². The van der Waals surface area contributed by atoms with Gasteiger partial charge in [-0.05, 0) is 30.4 Å². The summed E-state index contributed by atoms with van der Waals surface area (Å²) in [5, 5.41) is 0. The van der Waals surface area contributed by atoms with Crippen LogP contribution in [-0.2, 0) is 6.42 Å². The Morgan fingerprint density at radius 3 is 3.00 bits per heavy atom. The van der Waals surface area contributed by atoms with Crippen molar-refractivity contribution in [3.63, 3.8) is 0 Å². The second-order valence-corrected chi connectivity index (χ2v) is 4.70. The van der Waals surface area contributed by atoms with Gasteiger partial charge in [0.05, 0.1) is 0 Å². The Hall–Kier alpha value is -0.690. The highest BCUT2D eigenvalue weighted by molar-refractivity contribution is 6.18. The number of hydrogen-bond acceptors (Lipinski definition) is 1. The quantitative estimate of drug-likeness (QED) is 0.710. The number of halogens is 1. The van der Waals surface area contributed by atoms with Gasteiger partial charge in [-0.2, -0.15) is 0 Å².